The normalized spacial score (nSPS) is 15.0. The molecule has 1 fully saturated rings. The second-order valence-corrected chi connectivity index (χ2v) is 7.99. The lowest BCUT2D eigenvalue weighted by Gasteiger charge is -2.36. The monoisotopic (exact) mass is 448 g/mol. The molecule has 32 heavy (non-hydrogen) atoms. The Morgan fingerprint density at radius 3 is 2.25 bits per heavy atom. The number of carboxylic acid groups (broad SMARTS) is 1. The zero-order valence-corrected chi connectivity index (χ0v) is 17.8. The second-order valence-electron chi connectivity index (χ2n) is 7.99. The molecule has 0 spiro atoms. The summed E-state index contributed by atoms with van der Waals surface area (Å²) in [6.45, 7) is 3.87. The third-order valence-electron chi connectivity index (χ3n) is 5.69. The molecule has 1 heterocycles. The number of rotatable bonds is 9. The average Bonchev–Trinajstić information content (AvgIpc) is 2.78. The third-order valence-corrected chi connectivity index (χ3v) is 5.69. The van der Waals surface area contributed by atoms with Crippen molar-refractivity contribution < 1.29 is 27.9 Å². The number of anilines is 1. The van der Waals surface area contributed by atoms with E-state index in [0.717, 1.165) is 44.1 Å². The van der Waals surface area contributed by atoms with Crippen LogP contribution in [0, 0.1) is 0 Å². The number of benzene rings is 2. The zero-order valence-electron chi connectivity index (χ0n) is 17.8. The molecular formula is C24H27F3N2O3. The highest BCUT2D eigenvalue weighted by Gasteiger charge is 2.31. The van der Waals surface area contributed by atoms with Crippen LogP contribution in [-0.2, 0) is 17.4 Å². The number of alkyl halides is 3. The molecule has 1 saturated heterocycles. The van der Waals surface area contributed by atoms with Crippen LogP contribution in [0.2, 0.25) is 0 Å². The summed E-state index contributed by atoms with van der Waals surface area (Å²) < 4.78 is 38.8. The van der Waals surface area contributed by atoms with Gasteiger partial charge in [-0.1, -0.05) is 30.3 Å². The summed E-state index contributed by atoms with van der Waals surface area (Å²) in [5.74, 6) is -1.15. The number of hydrogen-bond acceptors (Lipinski definition) is 4. The lowest BCUT2D eigenvalue weighted by Crippen LogP contribution is -2.46. The molecule has 1 aliphatic rings. The highest BCUT2D eigenvalue weighted by atomic mass is 19.4. The minimum atomic E-state index is -4.33. The van der Waals surface area contributed by atoms with Crippen molar-refractivity contribution in [3.63, 3.8) is 0 Å². The minimum Gasteiger partial charge on any atom is -0.481 e. The maximum Gasteiger partial charge on any atom is 0.416 e. The van der Waals surface area contributed by atoms with E-state index in [1.54, 1.807) is 18.2 Å². The number of halogens is 3. The van der Waals surface area contributed by atoms with Crippen molar-refractivity contribution in [3.8, 4) is 0 Å². The number of piperazine rings is 1. The number of nitrogens with zero attached hydrogens (tertiary/aromatic N) is 2. The number of carbonyl (C=O) groups excluding carboxylic acids is 1. The fourth-order valence-electron chi connectivity index (χ4n) is 3.84. The van der Waals surface area contributed by atoms with Crippen LogP contribution in [0.5, 0.6) is 0 Å². The molecule has 0 aliphatic carbocycles. The molecule has 5 nitrogen and oxygen atoms in total. The molecule has 1 N–H and O–H groups in total. The van der Waals surface area contributed by atoms with E-state index in [2.05, 4.69) is 4.90 Å². The van der Waals surface area contributed by atoms with E-state index < -0.39 is 17.7 Å². The number of carbonyl (C=O) groups is 2. The van der Waals surface area contributed by atoms with Gasteiger partial charge in [0.25, 0.3) is 0 Å². The predicted molar refractivity (Wildman–Crippen MR) is 116 cm³/mol. The summed E-state index contributed by atoms with van der Waals surface area (Å²) in [4.78, 5) is 26.8. The number of carboxylic acids is 1. The topological polar surface area (TPSA) is 60.9 Å². The van der Waals surface area contributed by atoms with Crippen LogP contribution >= 0.6 is 0 Å². The van der Waals surface area contributed by atoms with Crippen molar-refractivity contribution >= 4 is 17.4 Å². The first-order valence-electron chi connectivity index (χ1n) is 10.7. The molecule has 0 bridgehead atoms. The van der Waals surface area contributed by atoms with Crippen LogP contribution in [0.25, 0.3) is 0 Å². The van der Waals surface area contributed by atoms with Gasteiger partial charge in [0.2, 0.25) is 0 Å². The highest BCUT2D eigenvalue weighted by Crippen LogP contribution is 2.31. The van der Waals surface area contributed by atoms with Crippen molar-refractivity contribution in [1.29, 1.82) is 0 Å². The molecular weight excluding hydrogens is 421 g/mol. The van der Waals surface area contributed by atoms with Crippen LogP contribution in [0.4, 0.5) is 18.9 Å². The number of Topliss-reactive ketones (excluding diaryl/α,β-unsaturated/α-hetero) is 1. The van der Waals surface area contributed by atoms with Gasteiger partial charge in [-0.15, -0.1) is 0 Å². The van der Waals surface area contributed by atoms with Gasteiger partial charge in [-0.05, 0) is 43.1 Å². The van der Waals surface area contributed by atoms with E-state index >= 15 is 0 Å². The number of aliphatic carboxylic acids is 1. The fraction of sp³-hybridized carbons (Fsp3) is 0.417. The van der Waals surface area contributed by atoms with Gasteiger partial charge in [0.15, 0.2) is 5.78 Å². The molecule has 1 aliphatic heterocycles. The van der Waals surface area contributed by atoms with Crippen LogP contribution in [0.15, 0.2) is 48.5 Å². The molecule has 0 amide bonds. The van der Waals surface area contributed by atoms with Gasteiger partial charge >= 0.3 is 12.1 Å². The van der Waals surface area contributed by atoms with E-state index in [9.17, 15) is 22.8 Å². The summed E-state index contributed by atoms with van der Waals surface area (Å²) >= 11 is 0. The molecule has 0 saturated carbocycles. The van der Waals surface area contributed by atoms with Gasteiger partial charge in [0.05, 0.1) is 12.0 Å². The van der Waals surface area contributed by atoms with Gasteiger partial charge in [0, 0.05) is 43.9 Å². The Bertz CT molecular complexity index is 921. The lowest BCUT2D eigenvalue weighted by molar-refractivity contribution is -0.138. The molecule has 0 aromatic heterocycles. The van der Waals surface area contributed by atoms with Crippen LogP contribution in [-0.4, -0.2) is 54.5 Å². The molecule has 8 heteroatoms. The summed E-state index contributed by atoms with van der Waals surface area (Å²) in [5, 5.41) is 8.67. The Morgan fingerprint density at radius 2 is 1.62 bits per heavy atom. The van der Waals surface area contributed by atoms with Crippen LogP contribution in [0.1, 0.15) is 40.7 Å². The first kappa shape index (κ1) is 23.8. The Hall–Kier alpha value is -2.87. The van der Waals surface area contributed by atoms with Crippen molar-refractivity contribution in [1.82, 2.24) is 4.90 Å². The summed E-state index contributed by atoms with van der Waals surface area (Å²) in [5.41, 5.74) is 1.63. The smallest absolute Gasteiger partial charge is 0.416 e. The van der Waals surface area contributed by atoms with Crippen LogP contribution < -0.4 is 4.90 Å². The summed E-state index contributed by atoms with van der Waals surface area (Å²) in [6.07, 6.45) is -2.70. The minimum absolute atomic E-state index is 0.00115. The van der Waals surface area contributed by atoms with Gasteiger partial charge in [0.1, 0.15) is 0 Å². The summed E-state index contributed by atoms with van der Waals surface area (Å²) in [7, 11) is 0. The maximum absolute atomic E-state index is 12.9. The first-order chi connectivity index (χ1) is 15.2. The maximum atomic E-state index is 12.9. The number of aryl methyl sites for hydroxylation is 1. The summed E-state index contributed by atoms with van der Waals surface area (Å²) in [6, 6.07) is 12.8. The molecule has 0 atom stereocenters. The Labute approximate surface area is 185 Å². The van der Waals surface area contributed by atoms with Gasteiger partial charge in [-0.3, -0.25) is 14.5 Å². The SMILES string of the molecule is O=C(O)CCC(=O)c1ccc(CCCN2CCN(c3cccc(C(F)(F)F)c3)CC2)cc1. The number of ketones is 1. The molecule has 2 aromatic rings. The quantitative estimate of drug-likeness (QED) is 0.572. The largest absolute Gasteiger partial charge is 0.481 e. The van der Waals surface area contributed by atoms with E-state index in [1.165, 1.54) is 12.1 Å². The van der Waals surface area contributed by atoms with Gasteiger partial charge in [-0.2, -0.15) is 13.2 Å². The van der Waals surface area contributed by atoms with Crippen molar-refractivity contribution in [2.45, 2.75) is 31.9 Å². The Kier molecular flexibility index (Phi) is 7.90. The molecule has 172 valence electrons. The fourth-order valence-corrected chi connectivity index (χ4v) is 3.84. The third kappa shape index (κ3) is 6.82. The van der Waals surface area contributed by atoms with Crippen molar-refractivity contribution in [2.24, 2.45) is 0 Å². The van der Waals surface area contributed by atoms with Crippen molar-refractivity contribution in [3.05, 3.63) is 65.2 Å². The number of hydrogen-bond donors (Lipinski definition) is 1. The Morgan fingerprint density at radius 1 is 0.938 bits per heavy atom. The zero-order chi connectivity index (χ0) is 23.1. The van der Waals surface area contributed by atoms with E-state index in [4.69, 9.17) is 5.11 Å². The molecule has 2 aromatic carbocycles. The van der Waals surface area contributed by atoms with Gasteiger partial charge in [-0.25, -0.2) is 0 Å². The molecule has 0 unspecified atom stereocenters. The van der Waals surface area contributed by atoms with E-state index in [0.29, 0.717) is 24.3 Å². The predicted octanol–water partition coefficient (Wildman–Crippen LogP) is 4.51. The average molecular weight is 448 g/mol. The van der Waals surface area contributed by atoms with Crippen LogP contribution in [0.3, 0.4) is 0 Å². The van der Waals surface area contributed by atoms with Crippen molar-refractivity contribution in [2.75, 3.05) is 37.6 Å². The van der Waals surface area contributed by atoms with E-state index in [1.807, 2.05) is 17.0 Å². The van der Waals surface area contributed by atoms with E-state index in [-0.39, 0.29) is 18.6 Å². The standard InChI is InChI=1S/C24H27F3N2O3/c25-24(26,27)20-4-1-5-21(17-20)29-15-13-28(14-16-29)12-2-3-18-6-8-19(9-7-18)22(30)10-11-23(31)32/h1,4-9,17H,2-3,10-16H2,(H,31,32). The highest BCUT2D eigenvalue weighted by molar-refractivity contribution is 5.97. The molecule has 0 radical (unpaired) electrons. The molecule has 3 rings (SSSR count). The first-order valence-corrected chi connectivity index (χ1v) is 10.7. The Balaban J connectivity index is 1.41. The lowest BCUT2D eigenvalue weighted by atomic mass is 10.0. The second kappa shape index (κ2) is 10.6. The van der Waals surface area contributed by atoms with Gasteiger partial charge < -0.3 is 10.0 Å².